The highest BCUT2D eigenvalue weighted by atomic mass is 16.5. The van der Waals surface area contributed by atoms with E-state index in [0.29, 0.717) is 36.1 Å². The fraction of sp³-hybridized carbons (Fsp3) is 0.650. The smallest absolute Gasteiger partial charge is 0.222 e. The van der Waals surface area contributed by atoms with Crippen LogP contribution in [0.15, 0.2) is 12.1 Å². The second kappa shape index (κ2) is 9.54. The van der Waals surface area contributed by atoms with Crippen LogP contribution in [0.1, 0.15) is 50.5 Å². The van der Waals surface area contributed by atoms with Crippen LogP contribution >= 0.6 is 0 Å². The van der Waals surface area contributed by atoms with E-state index in [-0.39, 0.29) is 5.91 Å². The average Bonchev–Trinajstić information content (AvgIpc) is 2.93. The van der Waals surface area contributed by atoms with Gasteiger partial charge in [0.05, 0.1) is 21.3 Å². The first-order valence-corrected chi connectivity index (χ1v) is 9.15. The fourth-order valence-electron chi connectivity index (χ4n) is 3.56. The second-order valence-corrected chi connectivity index (χ2v) is 6.68. The largest absolute Gasteiger partial charge is 0.493 e. The van der Waals surface area contributed by atoms with Gasteiger partial charge in [0.1, 0.15) is 0 Å². The third-order valence-corrected chi connectivity index (χ3v) is 5.12. The zero-order valence-electron chi connectivity index (χ0n) is 16.0. The Morgan fingerprint density at radius 3 is 2.04 bits per heavy atom. The Hall–Kier alpha value is -1.91. The van der Waals surface area contributed by atoms with E-state index in [1.165, 1.54) is 25.7 Å². The van der Waals surface area contributed by atoms with E-state index < -0.39 is 0 Å². The molecule has 140 valence electrons. The lowest BCUT2D eigenvalue weighted by Gasteiger charge is -2.27. The van der Waals surface area contributed by atoms with Crippen molar-refractivity contribution in [2.45, 2.75) is 57.4 Å². The van der Waals surface area contributed by atoms with Gasteiger partial charge in [-0.3, -0.25) is 4.79 Å². The van der Waals surface area contributed by atoms with Crippen LogP contribution in [0.3, 0.4) is 0 Å². The molecule has 1 amide bonds. The van der Waals surface area contributed by atoms with Crippen LogP contribution < -0.4 is 14.2 Å². The maximum Gasteiger partial charge on any atom is 0.222 e. The monoisotopic (exact) mass is 349 g/mol. The maximum absolute atomic E-state index is 12.6. The number of amides is 1. The van der Waals surface area contributed by atoms with Crippen molar-refractivity contribution in [2.24, 2.45) is 0 Å². The minimum Gasteiger partial charge on any atom is -0.493 e. The van der Waals surface area contributed by atoms with Crippen LogP contribution in [0.4, 0.5) is 0 Å². The molecule has 5 nitrogen and oxygen atoms in total. The Bertz CT molecular complexity index is 540. The number of rotatable bonds is 7. The minimum absolute atomic E-state index is 0.209. The topological polar surface area (TPSA) is 48.0 Å². The molecule has 1 aromatic carbocycles. The van der Waals surface area contributed by atoms with E-state index in [1.807, 2.05) is 24.1 Å². The van der Waals surface area contributed by atoms with Crippen molar-refractivity contribution in [3.05, 3.63) is 17.7 Å². The predicted molar refractivity (Wildman–Crippen MR) is 98.7 cm³/mol. The lowest BCUT2D eigenvalue weighted by atomic mass is 10.0. The molecule has 0 radical (unpaired) electrons. The highest BCUT2D eigenvalue weighted by molar-refractivity contribution is 5.76. The van der Waals surface area contributed by atoms with E-state index >= 15 is 0 Å². The van der Waals surface area contributed by atoms with Crippen LogP contribution in [-0.2, 0) is 11.2 Å². The standard InChI is InChI=1S/C20H31NO4/c1-21(16-9-7-5-6-8-10-16)19(22)12-11-15-13-17(23-2)20(25-4)18(14-15)24-3/h13-14,16H,5-12H2,1-4H3. The van der Waals surface area contributed by atoms with Gasteiger partial charge in [-0.05, 0) is 37.0 Å². The number of carbonyl (C=O) groups is 1. The summed E-state index contributed by atoms with van der Waals surface area (Å²) in [5.41, 5.74) is 1.01. The van der Waals surface area contributed by atoms with Crippen molar-refractivity contribution >= 4 is 5.91 Å². The van der Waals surface area contributed by atoms with Crippen LogP contribution in [0.2, 0.25) is 0 Å². The summed E-state index contributed by atoms with van der Waals surface area (Å²) >= 11 is 0. The first kappa shape index (κ1) is 19.4. The summed E-state index contributed by atoms with van der Waals surface area (Å²) in [6.07, 6.45) is 8.47. The zero-order valence-corrected chi connectivity index (χ0v) is 16.0. The van der Waals surface area contributed by atoms with Gasteiger partial charge < -0.3 is 19.1 Å². The van der Waals surface area contributed by atoms with Gasteiger partial charge in [-0.2, -0.15) is 0 Å². The van der Waals surface area contributed by atoms with Crippen molar-refractivity contribution in [3.8, 4) is 17.2 Å². The summed E-state index contributed by atoms with van der Waals surface area (Å²) in [5, 5.41) is 0. The van der Waals surface area contributed by atoms with Gasteiger partial charge in [-0.1, -0.05) is 25.7 Å². The first-order valence-electron chi connectivity index (χ1n) is 9.15. The quantitative estimate of drug-likeness (QED) is 0.702. The van der Waals surface area contributed by atoms with Crippen LogP contribution in [-0.4, -0.2) is 45.2 Å². The molecule has 0 N–H and O–H groups in total. The highest BCUT2D eigenvalue weighted by Crippen LogP contribution is 2.38. The van der Waals surface area contributed by atoms with Crippen molar-refractivity contribution < 1.29 is 19.0 Å². The number of nitrogens with zero attached hydrogens (tertiary/aromatic N) is 1. The number of benzene rings is 1. The van der Waals surface area contributed by atoms with Gasteiger partial charge in [-0.25, -0.2) is 0 Å². The summed E-state index contributed by atoms with van der Waals surface area (Å²) in [4.78, 5) is 14.6. The number of methoxy groups -OCH3 is 3. The molecule has 1 aliphatic rings. The molecule has 0 aromatic heterocycles. The molecule has 0 heterocycles. The Morgan fingerprint density at radius 1 is 1.00 bits per heavy atom. The fourth-order valence-corrected chi connectivity index (χ4v) is 3.56. The normalized spacial score (nSPS) is 15.4. The summed E-state index contributed by atoms with van der Waals surface area (Å²) in [6, 6.07) is 4.23. The van der Waals surface area contributed by atoms with E-state index in [2.05, 4.69) is 0 Å². The molecule has 0 spiro atoms. The van der Waals surface area contributed by atoms with Gasteiger partial charge in [-0.15, -0.1) is 0 Å². The molecule has 0 saturated heterocycles. The molecule has 1 aliphatic carbocycles. The third kappa shape index (κ3) is 5.03. The number of aryl methyl sites for hydroxylation is 1. The predicted octanol–water partition coefficient (Wildman–Crippen LogP) is 3.83. The highest BCUT2D eigenvalue weighted by Gasteiger charge is 2.21. The number of carbonyl (C=O) groups excluding carboxylic acids is 1. The molecule has 0 unspecified atom stereocenters. The van der Waals surface area contributed by atoms with Gasteiger partial charge in [0.2, 0.25) is 11.7 Å². The van der Waals surface area contributed by atoms with Gasteiger partial charge >= 0.3 is 0 Å². The van der Waals surface area contributed by atoms with Gasteiger partial charge in [0, 0.05) is 19.5 Å². The van der Waals surface area contributed by atoms with Crippen molar-refractivity contribution in [1.29, 1.82) is 0 Å². The second-order valence-electron chi connectivity index (χ2n) is 6.68. The van der Waals surface area contributed by atoms with E-state index in [9.17, 15) is 4.79 Å². The molecule has 0 aliphatic heterocycles. The van der Waals surface area contributed by atoms with Crippen LogP contribution in [0.25, 0.3) is 0 Å². The molecule has 0 bridgehead atoms. The van der Waals surface area contributed by atoms with E-state index in [4.69, 9.17) is 14.2 Å². The maximum atomic E-state index is 12.6. The van der Waals surface area contributed by atoms with Gasteiger partial charge in [0.25, 0.3) is 0 Å². The van der Waals surface area contributed by atoms with Crippen LogP contribution in [0.5, 0.6) is 17.2 Å². The van der Waals surface area contributed by atoms with Gasteiger partial charge in [0.15, 0.2) is 11.5 Å². The minimum atomic E-state index is 0.209. The SMILES string of the molecule is COc1cc(CCC(=O)N(C)C2CCCCCC2)cc(OC)c1OC. The molecule has 1 saturated carbocycles. The molecule has 25 heavy (non-hydrogen) atoms. The van der Waals surface area contributed by atoms with E-state index in [0.717, 1.165) is 18.4 Å². The molecule has 5 heteroatoms. The lowest BCUT2D eigenvalue weighted by Crippen LogP contribution is -2.36. The number of hydrogen-bond acceptors (Lipinski definition) is 4. The molecule has 1 fully saturated rings. The summed E-state index contributed by atoms with van der Waals surface area (Å²) < 4.78 is 16.1. The summed E-state index contributed by atoms with van der Waals surface area (Å²) in [7, 11) is 6.75. The van der Waals surface area contributed by atoms with Crippen molar-refractivity contribution in [2.75, 3.05) is 28.4 Å². The number of hydrogen-bond donors (Lipinski definition) is 0. The Morgan fingerprint density at radius 2 is 1.56 bits per heavy atom. The Balaban J connectivity index is 2.01. The van der Waals surface area contributed by atoms with E-state index in [1.54, 1.807) is 21.3 Å². The number of ether oxygens (including phenoxy) is 3. The van der Waals surface area contributed by atoms with Crippen LogP contribution in [0, 0.1) is 0 Å². The molecule has 0 atom stereocenters. The Labute approximate surface area is 151 Å². The lowest BCUT2D eigenvalue weighted by molar-refractivity contribution is -0.132. The molecule has 2 rings (SSSR count). The molecule has 1 aromatic rings. The third-order valence-electron chi connectivity index (χ3n) is 5.12. The molecular formula is C20H31NO4. The summed E-state index contributed by atoms with van der Waals surface area (Å²) in [5.74, 6) is 2.04. The van der Waals surface area contributed by atoms with Crippen molar-refractivity contribution in [1.82, 2.24) is 4.90 Å². The zero-order chi connectivity index (χ0) is 18.2. The summed E-state index contributed by atoms with van der Waals surface area (Å²) in [6.45, 7) is 0. The van der Waals surface area contributed by atoms with Crippen molar-refractivity contribution in [3.63, 3.8) is 0 Å². The molecular weight excluding hydrogens is 318 g/mol. The average molecular weight is 349 g/mol. The Kier molecular flexibility index (Phi) is 7.41. The first-order chi connectivity index (χ1) is 12.1.